The maximum Gasteiger partial charge on any atom is 0.501 e. The van der Waals surface area contributed by atoms with Crippen LogP contribution in [-0.2, 0) is 22.5 Å². The minimum absolute atomic E-state index is 0.0703. The molecule has 29 heavy (non-hydrogen) atoms. The topological polar surface area (TPSA) is 54.0 Å². The van der Waals surface area contributed by atoms with Crippen molar-refractivity contribution in [1.29, 1.82) is 0 Å². The zero-order valence-electron chi connectivity index (χ0n) is 21.2. The second-order valence-corrected chi connectivity index (χ2v) is 18.3. The SMILES string of the molecule is CCO[Si](CC(C)C(=O)O[Si](CC(C)C)(C(C)(C)C)C(C)(C)C)(OCC)OCC. The van der Waals surface area contributed by atoms with Gasteiger partial charge in [-0.25, -0.2) is 0 Å². The Morgan fingerprint density at radius 1 is 0.759 bits per heavy atom. The van der Waals surface area contributed by atoms with Crippen LogP contribution >= 0.6 is 0 Å². The predicted molar refractivity (Wildman–Crippen MR) is 126 cm³/mol. The molecule has 1 atom stereocenters. The Kier molecular flexibility index (Phi) is 11.3. The second-order valence-electron chi connectivity index (χ2n) is 10.4. The highest BCUT2D eigenvalue weighted by atomic mass is 28.4. The van der Waals surface area contributed by atoms with E-state index in [2.05, 4.69) is 55.4 Å². The molecule has 0 aromatic carbocycles. The van der Waals surface area contributed by atoms with E-state index in [1.54, 1.807) is 0 Å². The van der Waals surface area contributed by atoms with E-state index in [1.807, 2.05) is 27.7 Å². The van der Waals surface area contributed by atoms with Crippen LogP contribution in [-0.4, -0.2) is 42.9 Å². The van der Waals surface area contributed by atoms with Gasteiger partial charge in [0.1, 0.15) is 0 Å². The van der Waals surface area contributed by atoms with Crippen LogP contribution in [0.25, 0.3) is 0 Å². The summed E-state index contributed by atoms with van der Waals surface area (Å²) in [7, 11) is -5.38. The lowest BCUT2D eigenvalue weighted by Gasteiger charge is -2.51. The van der Waals surface area contributed by atoms with E-state index < -0.39 is 17.1 Å². The van der Waals surface area contributed by atoms with Crippen LogP contribution in [0.5, 0.6) is 0 Å². The quantitative estimate of drug-likeness (QED) is 0.323. The predicted octanol–water partition coefficient (Wildman–Crippen LogP) is 6.42. The summed E-state index contributed by atoms with van der Waals surface area (Å²) in [6.45, 7) is 27.0. The largest absolute Gasteiger partial charge is 0.518 e. The van der Waals surface area contributed by atoms with Crippen molar-refractivity contribution in [3.8, 4) is 0 Å². The maximum atomic E-state index is 13.4. The lowest BCUT2D eigenvalue weighted by Crippen LogP contribution is -2.57. The summed E-state index contributed by atoms with van der Waals surface area (Å²) in [4.78, 5) is 13.4. The van der Waals surface area contributed by atoms with Crippen molar-refractivity contribution < 1.29 is 22.5 Å². The summed E-state index contributed by atoms with van der Waals surface area (Å²) in [5, 5.41) is -0.141. The number of carbonyl (C=O) groups excluding carboxylic acids is 1. The first kappa shape index (κ1) is 28.8. The van der Waals surface area contributed by atoms with Crippen molar-refractivity contribution in [2.24, 2.45) is 11.8 Å². The van der Waals surface area contributed by atoms with Crippen LogP contribution in [0, 0.1) is 11.8 Å². The zero-order chi connectivity index (χ0) is 23.1. The molecule has 0 N–H and O–H groups in total. The van der Waals surface area contributed by atoms with Gasteiger partial charge in [-0.15, -0.1) is 0 Å². The van der Waals surface area contributed by atoms with Crippen molar-refractivity contribution in [3.63, 3.8) is 0 Å². The molecule has 0 aliphatic carbocycles. The average molecular weight is 449 g/mol. The Labute approximate surface area is 182 Å². The molecule has 0 saturated carbocycles. The zero-order valence-corrected chi connectivity index (χ0v) is 23.2. The highest BCUT2D eigenvalue weighted by Crippen LogP contribution is 2.55. The van der Waals surface area contributed by atoms with Gasteiger partial charge >= 0.3 is 8.80 Å². The van der Waals surface area contributed by atoms with Gasteiger partial charge < -0.3 is 17.7 Å². The standard InChI is InChI=1S/C22H48O5Si2/c1-13-24-29(25-14-2,26-15-3)17-19(6)20(23)27-28(16-18(4)5,21(7,8)9)22(10,11)12/h18-19H,13-17H2,1-12H3. The number of hydrogen-bond donors (Lipinski definition) is 0. The van der Waals surface area contributed by atoms with Crippen LogP contribution in [0.3, 0.4) is 0 Å². The number of hydrogen-bond acceptors (Lipinski definition) is 5. The summed E-state index contributed by atoms with van der Waals surface area (Å²) in [5.41, 5.74) is 0. The third-order valence-electron chi connectivity index (χ3n) is 5.44. The fraction of sp³-hybridized carbons (Fsp3) is 0.955. The van der Waals surface area contributed by atoms with Gasteiger partial charge in [0.15, 0.2) is 0 Å². The number of carbonyl (C=O) groups is 1. The Morgan fingerprint density at radius 3 is 1.41 bits per heavy atom. The molecule has 0 bridgehead atoms. The van der Waals surface area contributed by atoms with Crippen molar-refractivity contribution >= 4 is 23.1 Å². The molecule has 0 rings (SSSR count). The van der Waals surface area contributed by atoms with Gasteiger partial charge in [0.25, 0.3) is 14.3 Å². The summed E-state index contributed by atoms with van der Waals surface area (Å²) in [5.74, 6) is -0.0137. The van der Waals surface area contributed by atoms with Gasteiger partial charge in [-0.1, -0.05) is 62.3 Å². The molecule has 0 fully saturated rings. The van der Waals surface area contributed by atoms with E-state index in [-0.39, 0.29) is 22.0 Å². The molecule has 0 saturated heterocycles. The Bertz CT molecular complexity index is 463. The molecule has 0 spiro atoms. The Balaban J connectivity index is 5.85. The highest BCUT2D eigenvalue weighted by Gasteiger charge is 2.58. The van der Waals surface area contributed by atoms with E-state index >= 15 is 0 Å². The first-order chi connectivity index (χ1) is 13.1. The Hall–Kier alpha value is -0.216. The lowest BCUT2D eigenvalue weighted by molar-refractivity contribution is -0.140. The smallest absolute Gasteiger partial charge is 0.501 e. The molecule has 0 amide bonds. The normalized spacial score (nSPS) is 14.9. The van der Waals surface area contributed by atoms with Gasteiger partial charge in [-0.05, 0) is 42.8 Å². The molecule has 0 heterocycles. The molecule has 0 aliphatic heterocycles. The van der Waals surface area contributed by atoms with E-state index in [0.29, 0.717) is 31.8 Å². The molecule has 0 aromatic heterocycles. The molecule has 0 aromatic rings. The van der Waals surface area contributed by atoms with Gasteiger partial charge in [0.05, 0.1) is 5.92 Å². The average Bonchev–Trinajstić information content (AvgIpc) is 2.52. The van der Waals surface area contributed by atoms with Crippen molar-refractivity contribution in [2.75, 3.05) is 19.8 Å². The van der Waals surface area contributed by atoms with E-state index in [1.165, 1.54) is 0 Å². The molecule has 7 heteroatoms. The minimum atomic E-state index is -2.91. The van der Waals surface area contributed by atoms with Crippen molar-refractivity contribution in [3.05, 3.63) is 0 Å². The van der Waals surface area contributed by atoms with E-state index in [9.17, 15) is 4.79 Å². The van der Waals surface area contributed by atoms with Crippen molar-refractivity contribution in [2.45, 2.75) is 105 Å². The van der Waals surface area contributed by atoms with Crippen LogP contribution in [0.15, 0.2) is 0 Å². The summed E-state index contributed by atoms with van der Waals surface area (Å²) >= 11 is 0. The van der Waals surface area contributed by atoms with Gasteiger partial charge in [-0.2, -0.15) is 0 Å². The first-order valence-corrected chi connectivity index (χ1v) is 15.3. The first-order valence-electron chi connectivity index (χ1n) is 11.3. The molecule has 5 nitrogen and oxygen atoms in total. The molecule has 174 valence electrons. The summed E-state index contributed by atoms with van der Waals surface area (Å²) in [6.07, 6.45) is 0. The molecular formula is C22H48O5Si2. The van der Waals surface area contributed by atoms with E-state index in [0.717, 1.165) is 6.04 Å². The van der Waals surface area contributed by atoms with Crippen LogP contribution in [0.2, 0.25) is 22.2 Å². The van der Waals surface area contributed by atoms with Gasteiger partial charge in [0, 0.05) is 25.9 Å². The fourth-order valence-electron chi connectivity index (χ4n) is 4.35. The third kappa shape index (κ3) is 7.76. The van der Waals surface area contributed by atoms with Crippen LogP contribution in [0.4, 0.5) is 0 Å². The molecular weight excluding hydrogens is 400 g/mol. The van der Waals surface area contributed by atoms with E-state index in [4.69, 9.17) is 17.7 Å². The molecule has 1 unspecified atom stereocenters. The monoisotopic (exact) mass is 448 g/mol. The minimum Gasteiger partial charge on any atom is -0.518 e. The third-order valence-corrected chi connectivity index (χ3v) is 15.5. The lowest BCUT2D eigenvalue weighted by atomic mass is 10.2. The second kappa shape index (κ2) is 11.4. The van der Waals surface area contributed by atoms with Crippen LogP contribution in [0.1, 0.15) is 83.1 Å². The summed E-state index contributed by atoms with van der Waals surface area (Å²) < 4.78 is 24.5. The maximum absolute atomic E-state index is 13.4. The van der Waals surface area contributed by atoms with Gasteiger partial charge in [-0.3, -0.25) is 4.79 Å². The van der Waals surface area contributed by atoms with Crippen LogP contribution < -0.4 is 0 Å². The fourth-order valence-corrected chi connectivity index (χ4v) is 13.1. The summed E-state index contributed by atoms with van der Waals surface area (Å²) in [6, 6.07) is 1.39. The molecule has 0 radical (unpaired) electrons. The molecule has 0 aliphatic rings. The highest BCUT2D eigenvalue weighted by molar-refractivity contribution is 6.80. The number of rotatable bonds is 12. The van der Waals surface area contributed by atoms with Gasteiger partial charge in [0.2, 0.25) is 0 Å². The Morgan fingerprint density at radius 2 is 1.14 bits per heavy atom. The van der Waals surface area contributed by atoms with Crippen molar-refractivity contribution in [1.82, 2.24) is 0 Å².